The fraction of sp³-hybridized carbons (Fsp3) is 0.667. The summed E-state index contributed by atoms with van der Waals surface area (Å²) in [4.78, 5) is 0. The van der Waals surface area contributed by atoms with Gasteiger partial charge in [0.05, 0.1) is 6.10 Å². The van der Waals surface area contributed by atoms with Crippen LogP contribution >= 0.6 is 0 Å². The molecule has 0 bridgehead atoms. The summed E-state index contributed by atoms with van der Waals surface area (Å²) in [6.45, 7) is 8.61. The molecule has 0 saturated carbocycles. The summed E-state index contributed by atoms with van der Waals surface area (Å²) in [6, 6.07) is 9.65. The molecule has 20 heavy (non-hydrogen) atoms. The molecule has 1 aliphatic rings. The molecule has 0 amide bonds. The zero-order valence-corrected chi connectivity index (χ0v) is 13.2. The lowest BCUT2D eigenvalue weighted by molar-refractivity contribution is 0.0776. The highest BCUT2D eigenvalue weighted by atomic mass is 16.5. The number of aryl methyl sites for hydroxylation is 1. The summed E-state index contributed by atoms with van der Waals surface area (Å²) < 4.78 is 5.88. The lowest BCUT2D eigenvalue weighted by Gasteiger charge is -2.28. The number of rotatable bonds is 7. The minimum absolute atomic E-state index is 0.439. The number of ether oxygens (including phenoxy) is 1. The van der Waals surface area contributed by atoms with Crippen molar-refractivity contribution in [2.45, 2.75) is 58.6 Å². The van der Waals surface area contributed by atoms with Crippen LogP contribution in [0.3, 0.4) is 0 Å². The minimum Gasteiger partial charge on any atom is -0.378 e. The van der Waals surface area contributed by atoms with Crippen molar-refractivity contribution in [3.8, 4) is 0 Å². The number of hydrogen-bond donors (Lipinski definition) is 1. The Morgan fingerprint density at radius 1 is 1.15 bits per heavy atom. The predicted octanol–water partition coefficient (Wildman–Crippen LogP) is 3.58. The molecule has 1 heterocycles. The maximum absolute atomic E-state index is 5.88. The van der Waals surface area contributed by atoms with E-state index in [1.165, 1.54) is 17.5 Å². The summed E-state index contributed by atoms with van der Waals surface area (Å²) in [5.41, 5.74) is 2.86. The van der Waals surface area contributed by atoms with E-state index in [-0.39, 0.29) is 0 Å². The van der Waals surface area contributed by atoms with E-state index in [9.17, 15) is 0 Å². The van der Waals surface area contributed by atoms with Gasteiger partial charge in [-0.25, -0.2) is 0 Å². The standard InChI is InChI=1S/C18H29NO/c1-4-14-7-9-15(10-8-14)13-17(19-6-3)16-11-12-20-18(16)5-2/h7-10,16-19H,4-6,11-13H2,1-3H3. The van der Waals surface area contributed by atoms with E-state index in [1.807, 2.05) is 0 Å². The Morgan fingerprint density at radius 2 is 1.85 bits per heavy atom. The van der Waals surface area contributed by atoms with Crippen molar-refractivity contribution in [3.63, 3.8) is 0 Å². The molecule has 3 unspecified atom stereocenters. The van der Waals surface area contributed by atoms with Crippen LogP contribution in [0.1, 0.15) is 44.7 Å². The molecule has 1 saturated heterocycles. The fourth-order valence-electron chi connectivity index (χ4n) is 3.35. The van der Waals surface area contributed by atoms with Crippen molar-refractivity contribution in [1.29, 1.82) is 0 Å². The van der Waals surface area contributed by atoms with Gasteiger partial charge >= 0.3 is 0 Å². The maximum Gasteiger partial charge on any atom is 0.0616 e. The Balaban J connectivity index is 2.04. The van der Waals surface area contributed by atoms with E-state index in [1.54, 1.807) is 0 Å². The van der Waals surface area contributed by atoms with Crippen molar-refractivity contribution in [1.82, 2.24) is 5.32 Å². The second kappa shape index (κ2) is 7.80. The average molecular weight is 275 g/mol. The summed E-state index contributed by atoms with van der Waals surface area (Å²) in [7, 11) is 0. The second-order valence-corrected chi connectivity index (χ2v) is 5.81. The van der Waals surface area contributed by atoms with Gasteiger partial charge in [0.2, 0.25) is 0 Å². The summed E-state index contributed by atoms with van der Waals surface area (Å²) in [5, 5.41) is 3.69. The van der Waals surface area contributed by atoms with Crippen molar-refractivity contribution in [3.05, 3.63) is 35.4 Å². The van der Waals surface area contributed by atoms with Gasteiger partial charge < -0.3 is 10.1 Å². The molecule has 2 nitrogen and oxygen atoms in total. The van der Waals surface area contributed by atoms with E-state index in [4.69, 9.17) is 4.74 Å². The number of hydrogen-bond acceptors (Lipinski definition) is 2. The molecular formula is C18H29NO. The van der Waals surface area contributed by atoms with Crippen LogP contribution in [-0.4, -0.2) is 25.3 Å². The highest BCUT2D eigenvalue weighted by Gasteiger charge is 2.33. The molecule has 1 aromatic rings. The van der Waals surface area contributed by atoms with Crippen LogP contribution in [0.15, 0.2) is 24.3 Å². The van der Waals surface area contributed by atoms with Gasteiger partial charge in [0, 0.05) is 18.6 Å². The fourth-order valence-corrected chi connectivity index (χ4v) is 3.35. The van der Waals surface area contributed by atoms with Crippen molar-refractivity contribution in [2.24, 2.45) is 5.92 Å². The smallest absolute Gasteiger partial charge is 0.0616 e. The second-order valence-electron chi connectivity index (χ2n) is 5.81. The zero-order valence-electron chi connectivity index (χ0n) is 13.2. The van der Waals surface area contributed by atoms with Crippen LogP contribution in [-0.2, 0) is 17.6 Å². The van der Waals surface area contributed by atoms with E-state index in [2.05, 4.69) is 50.4 Å². The van der Waals surface area contributed by atoms with E-state index >= 15 is 0 Å². The SMILES string of the molecule is CCNC(Cc1ccc(CC)cc1)C1CCOC1CC. The molecule has 2 heteroatoms. The van der Waals surface area contributed by atoms with Crippen LogP contribution in [0.25, 0.3) is 0 Å². The molecule has 1 aliphatic heterocycles. The maximum atomic E-state index is 5.88. The third-order valence-electron chi connectivity index (χ3n) is 4.53. The van der Waals surface area contributed by atoms with Gasteiger partial charge in [-0.3, -0.25) is 0 Å². The lowest BCUT2D eigenvalue weighted by atomic mass is 9.87. The third-order valence-corrected chi connectivity index (χ3v) is 4.53. The Kier molecular flexibility index (Phi) is 6.06. The van der Waals surface area contributed by atoms with Crippen LogP contribution in [0.4, 0.5) is 0 Å². The van der Waals surface area contributed by atoms with Crippen LogP contribution in [0.5, 0.6) is 0 Å². The first-order valence-electron chi connectivity index (χ1n) is 8.21. The van der Waals surface area contributed by atoms with Gasteiger partial charge in [-0.15, -0.1) is 0 Å². The molecule has 112 valence electrons. The van der Waals surface area contributed by atoms with E-state index < -0.39 is 0 Å². The Bertz CT molecular complexity index is 387. The molecule has 2 rings (SSSR count). The minimum atomic E-state index is 0.439. The van der Waals surface area contributed by atoms with E-state index in [0.29, 0.717) is 18.1 Å². The molecule has 3 atom stereocenters. The normalized spacial score (nSPS) is 23.9. The number of likely N-dealkylation sites (N-methyl/N-ethyl adjacent to an activating group) is 1. The van der Waals surface area contributed by atoms with Gasteiger partial charge in [-0.05, 0) is 43.4 Å². The van der Waals surface area contributed by atoms with Crippen molar-refractivity contribution in [2.75, 3.05) is 13.2 Å². The Labute approximate surface area is 123 Å². The third kappa shape index (κ3) is 3.83. The summed E-state index contributed by atoms with van der Waals surface area (Å²) in [5.74, 6) is 0.658. The highest BCUT2D eigenvalue weighted by Crippen LogP contribution is 2.28. The topological polar surface area (TPSA) is 21.3 Å². The molecule has 0 aliphatic carbocycles. The molecule has 0 spiro atoms. The molecular weight excluding hydrogens is 246 g/mol. The van der Waals surface area contributed by atoms with Crippen LogP contribution in [0, 0.1) is 5.92 Å². The first kappa shape index (κ1) is 15.5. The van der Waals surface area contributed by atoms with Crippen LogP contribution in [0.2, 0.25) is 0 Å². The van der Waals surface area contributed by atoms with Crippen molar-refractivity contribution >= 4 is 0 Å². The molecule has 0 radical (unpaired) electrons. The van der Waals surface area contributed by atoms with Crippen molar-refractivity contribution < 1.29 is 4.74 Å². The summed E-state index contributed by atoms with van der Waals surface area (Å²) in [6.07, 6.45) is 4.99. The largest absolute Gasteiger partial charge is 0.378 e. The van der Waals surface area contributed by atoms with Crippen LogP contribution < -0.4 is 5.32 Å². The summed E-state index contributed by atoms with van der Waals surface area (Å²) >= 11 is 0. The quantitative estimate of drug-likeness (QED) is 0.821. The molecule has 0 aromatic heterocycles. The van der Waals surface area contributed by atoms with Gasteiger partial charge in [-0.1, -0.05) is 45.0 Å². The number of benzene rings is 1. The first-order valence-corrected chi connectivity index (χ1v) is 8.21. The Morgan fingerprint density at radius 3 is 2.45 bits per heavy atom. The highest BCUT2D eigenvalue weighted by molar-refractivity contribution is 5.23. The average Bonchev–Trinajstić information content (AvgIpc) is 2.96. The first-order chi connectivity index (χ1) is 9.78. The zero-order chi connectivity index (χ0) is 14.4. The number of nitrogens with one attached hydrogen (secondary N) is 1. The van der Waals surface area contributed by atoms with Gasteiger partial charge in [0.15, 0.2) is 0 Å². The molecule has 1 N–H and O–H groups in total. The van der Waals surface area contributed by atoms with Gasteiger partial charge in [0.25, 0.3) is 0 Å². The van der Waals surface area contributed by atoms with Gasteiger partial charge in [-0.2, -0.15) is 0 Å². The predicted molar refractivity (Wildman–Crippen MR) is 85.1 cm³/mol. The monoisotopic (exact) mass is 275 g/mol. The van der Waals surface area contributed by atoms with E-state index in [0.717, 1.165) is 32.4 Å². The molecule has 1 aromatic carbocycles. The molecule has 1 fully saturated rings. The van der Waals surface area contributed by atoms with Gasteiger partial charge in [0.1, 0.15) is 0 Å². The lowest BCUT2D eigenvalue weighted by Crippen LogP contribution is -2.41. The Hall–Kier alpha value is -0.860.